The molecule has 1 aliphatic rings. The van der Waals surface area contributed by atoms with Crippen molar-refractivity contribution in [3.05, 3.63) is 118 Å². The molecule has 4 aromatic heterocycles. The first kappa shape index (κ1) is 59.4. The summed E-state index contributed by atoms with van der Waals surface area (Å²) >= 11 is 24.5. The van der Waals surface area contributed by atoms with Gasteiger partial charge in [0, 0.05) is 94.5 Å². The molecule has 7 nitrogen and oxygen atoms in total. The van der Waals surface area contributed by atoms with Gasteiger partial charge in [0.1, 0.15) is 0 Å². The van der Waals surface area contributed by atoms with Gasteiger partial charge in [-0.05, 0) is 86.4 Å². The molecule has 0 saturated carbocycles. The summed E-state index contributed by atoms with van der Waals surface area (Å²) < 4.78 is 0. The van der Waals surface area contributed by atoms with Crippen LogP contribution in [0.15, 0.2) is 73.3 Å². The van der Waals surface area contributed by atoms with Gasteiger partial charge in [0.25, 0.3) is 0 Å². The van der Waals surface area contributed by atoms with Crippen LogP contribution in [0, 0.1) is 33.1 Å². The zero-order valence-electron chi connectivity index (χ0n) is 32.9. The number of aromatic nitrogens is 4. The van der Waals surface area contributed by atoms with Gasteiger partial charge < -0.3 is 10.8 Å². The molecule has 4 aromatic rings. The molecule has 55 heavy (non-hydrogen) atoms. The number of halogens is 4. The van der Waals surface area contributed by atoms with Gasteiger partial charge in [-0.25, -0.2) is 0 Å². The van der Waals surface area contributed by atoms with E-state index in [2.05, 4.69) is 54.1 Å². The molecule has 5 heterocycles. The first-order valence-electron chi connectivity index (χ1n) is 16.9. The molecule has 0 aliphatic carbocycles. The molecule has 0 amide bonds. The standard InChI is InChI=1S/C9H12ClNS.C9H11NS.C8H11N3S.C7H8ClN.C4H9O.C2H4BrCl.CH4.K.H2/c1-8-2-3-9(6-11-8)7-12-5-4-10;1-7-2-3-8(6-10-7)9-4-5-11-9;1-6-2-3-7(4-11-6)5-12-8(9)10;1-6-2-3-7(4-8)5-9-6;1-4(2,3)5;3-1-2-4;;;/h2-3,6H,4-5,7H2,1H3;2-3,6,9H,4-5H2,1H3;2-4H,5H2,1H3,(H3,9,10);2-3,5H,4H2,1H3;1-3H3;1-2H2;1H4;;1H/q;;;;-1;;;+1;. The van der Waals surface area contributed by atoms with Crippen LogP contribution in [-0.4, -0.2) is 59.3 Å². The van der Waals surface area contributed by atoms with Gasteiger partial charge in [-0.1, -0.05) is 80.2 Å². The minimum Gasteiger partial charge on any atom is -0.850 e. The van der Waals surface area contributed by atoms with Gasteiger partial charge in [-0.2, -0.15) is 23.5 Å². The van der Waals surface area contributed by atoms with Gasteiger partial charge >= 0.3 is 51.4 Å². The van der Waals surface area contributed by atoms with E-state index in [1.165, 1.54) is 35.1 Å². The Hall–Kier alpha value is 0.0664. The molecule has 0 spiro atoms. The monoisotopic (exact) mass is 960 g/mol. The van der Waals surface area contributed by atoms with Crippen LogP contribution in [-0.2, 0) is 17.4 Å². The van der Waals surface area contributed by atoms with E-state index in [4.69, 9.17) is 45.9 Å². The summed E-state index contributed by atoms with van der Waals surface area (Å²) in [7, 11) is 0. The maximum atomic E-state index is 10.1. The second kappa shape index (κ2) is 37.1. The fourth-order valence-electron chi connectivity index (χ4n) is 3.32. The van der Waals surface area contributed by atoms with Crippen LogP contribution >= 0.6 is 86.0 Å². The number of hydrogen-bond donors (Lipinski definition) is 2. The zero-order valence-corrected chi connectivity index (χ0v) is 42.3. The maximum absolute atomic E-state index is 10.1. The molecule has 3 N–H and O–H groups in total. The number of aryl methyl sites for hydroxylation is 4. The van der Waals surface area contributed by atoms with Gasteiger partial charge in [0.2, 0.25) is 0 Å². The first-order valence-corrected chi connectivity index (χ1v) is 22.8. The number of amidine groups is 1. The number of alkyl halides is 4. The van der Waals surface area contributed by atoms with Crippen molar-refractivity contribution in [3.8, 4) is 0 Å². The molecule has 15 heteroatoms. The zero-order chi connectivity index (χ0) is 40.1. The van der Waals surface area contributed by atoms with Gasteiger partial charge in [-0.15, -0.1) is 40.4 Å². The van der Waals surface area contributed by atoms with E-state index in [1.54, 1.807) is 27.0 Å². The normalized spacial score (nSPS) is 12.1. The van der Waals surface area contributed by atoms with Crippen LogP contribution in [0.1, 0.15) is 86.3 Å². The molecule has 1 atom stereocenters. The SMILES string of the molecule is C.CC(C)(C)[O-].Cc1ccc(C2CCS2)cn1.Cc1ccc(CCl)cn1.Cc1ccc(CSC(=N)N)cn1.Cc1ccc(CSCCCl)cn1.ClCCBr.[HH].[K+]. The Bertz CT molecular complexity index is 1490. The third-order valence-corrected chi connectivity index (χ3v) is 11.0. The number of thioether (sulfide) groups is 3. The molecule has 0 aromatic carbocycles. The number of rotatable bonds is 9. The van der Waals surface area contributed by atoms with Crippen molar-refractivity contribution in [2.45, 2.75) is 90.6 Å². The molecular formula is C40H61BrCl3KN6OS3. The Morgan fingerprint density at radius 3 is 1.51 bits per heavy atom. The molecular weight excluding hydrogens is 902 g/mol. The fourth-order valence-corrected chi connectivity index (χ4v) is 5.76. The van der Waals surface area contributed by atoms with Gasteiger partial charge in [0.15, 0.2) is 5.17 Å². The van der Waals surface area contributed by atoms with E-state index in [0.29, 0.717) is 11.8 Å². The van der Waals surface area contributed by atoms with Crippen LogP contribution in [0.25, 0.3) is 0 Å². The largest absolute Gasteiger partial charge is 1.00 e. The molecule has 1 aliphatic heterocycles. The van der Waals surface area contributed by atoms with Crippen molar-refractivity contribution in [2.24, 2.45) is 5.73 Å². The maximum Gasteiger partial charge on any atom is 1.00 e. The Morgan fingerprint density at radius 1 is 0.818 bits per heavy atom. The third-order valence-electron chi connectivity index (χ3n) is 6.03. The summed E-state index contributed by atoms with van der Waals surface area (Å²) in [5.74, 6) is 6.05. The molecule has 1 saturated heterocycles. The molecule has 5 rings (SSSR count). The van der Waals surface area contributed by atoms with E-state index in [-0.39, 0.29) is 65.4 Å². The summed E-state index contributed by atoms with van der Waals surface area (Å²) in [6.07, 6.45) is 8.87. The molecule has 0 radical (unpaired) electrons. The second-order valence-corrected chi connectivity index (χ2v) is 17.6. The summed E-state index contributed by atoms with van der Waals surface area (Å²) in [4.78, 5) is 16.7. The predicted octanol–water partition coefficient (Wildman–Crippen LogP) is 8.73. The Kier molecular flexibility index (Phi) is 40.0. The van der Waals surface area contributed by atoms with E-state index >= 15 is 0 Å². The first-order chi connectivity index (χ1) is 25.1. The number of nitrogens with zero attached hydrogens (tertiary/aromatic N) is 4. The van der Waals surface area contributed by atoms with Crippen LogP contribution in [0.5, 0.6) is 0 Å². The van der Waals surface area contributed by atoms with Crippen molar-refractivity contribution < 1.29 is 57.9 Å². The summed E-state index contributed by atoms with van der Waals surface area (Å²) in [5, 5.41) is 18.9. The Labute approximate surface area is 412 Å². The van der Waals surface area contributed by atoms with E-state index < -0.39 is 5.60 Å². The molecule has 1 fully saturated rings. The number of nitrogens with one attached hydrogen (secondary N) is 1. The van der Waals surface area contributed by atoms with Crippen LogP contribution < -0.4 is 62.2 Å². The molecule has 0 bridgehead atoms. The quantitative estimate of drug-likeness (QED) is 0.0558. The molecule has 304 valence electrons. The third kappa shape index (κ3) is 36.9. The molecule has 1 unspecified atom stereocenters. The average Bonchev–Trinajstić information content (AvgIpc) is 3.10. The summed E-state index contributed by atoms with van der Waals surface area (Å²) in [5.41, 5.74) is 13.5. The van der Waals surface area contributed by atoms with E-state index in [9.17, 15) is 5.11 Å². The van der Waals surface area contributed by atoms with Crippen molar-refractivity contribution >= 4 is 91.2 Å². The summed E-state index contributed by atoms with van der Waals surface area (Å²) in [6, 6.07) is 16.3. The van der Waals surface area contributed by atoms with Gasteiger partial charge in [-0.3, -0.25) is 25.3 Å². The van der Waals surface area contributed by atoms with Crippen molar-refractivity contribution in [3.63, 3.8) is 0 Å². The Morgan fingerprint density at radius 2 is 1.22 bits per heavy atom. The summed E-state index contributed by atoms with van der Waals surface area (Å²) in [6.45, 7) is 12.8. The number of pyridine rings is 4. The van der Waals surface area contributed by atoms with Crippen molar-refractivity contribution in [1.29, 1.82) is 5.41 Å². The fraction of sp³-hybridized carbons (Fsp3) is 0.475. The van der Waals surface area contributed by atoms with Crippen molar-refractivity contribution in [1.82, 2.24) is 19.9 Å². The van der Waals surface area contributed by atoms with E-state index in [1.807, 2.05) is 100 Å². The van der Waals surface area contributed by atoms with Crippen LogP contribution in [0.3, 0.4) is 0 Å². The smallest absolute Gasteiger partial charge is 0.850 e. The van der Waals surface area contributed by atoms with Crippen LogP contribution in [0.4, 0.5) is 0 Å². The number of hydrogen-bond acceptors (Lipinski definition) is 9. The van der Waals surface area contributed by atoms with Gasteiger partial charge in [0.05, 0.1) is 0 Å². The van der Waals surface area contributed by atoms with Crippen molar-refractivity contribution in [2.75, 3.05) is 28.6 Å². The minimum atomic E-state index is -0.750. The average molecular weight is 964 g/mol. The number of nitrogens with two attached hydrogens (primary N) is 1. The topological polar surface area (TPSA) is 124 Å². The second-order valence-electron chi connectivity index (χ2n) is 12.3. The Balaban J connectivity index is -0.000000296. The minimum absolute atomic E-state index is 0. The van der Waals surface area contributed by atoms with Crippen LogP contribution in [0.2, 0.25) is 0 Å². The predicted molar refractivity (Wildman–Crippen MR) is 248 cm³/mol. The van der Waals surface area contributed by atoms with E-state index in [0.717, 1.165) is 67.6 Å².